The van der Waals surface area contributed by atoms with Gasteiger partial charge in [-0.05, 0) is 32.0 Å². The average Bonchev–Trinajstić information content (AvgIpc) is 2.71. The minimum Gasteiger partial charge on any atom is -0.489 e. The van der Waals surface area contributed by atoms with Gasteiger partial charge in [0.1, 0.15) is 24.4 Å². The molecule has 7 heteroatoms. The Bertz CT molecular complexity index is 798. The van der Waals surface area contributed by atoms with Gasteiger partial charge in [-0.3, -0.25) is 4.79 Å². The summed E-state index contributed by atoms with van der Waals surface area (Å²) in [6.45, 7) is 3.59. The Morgan fingerprint density at radius 2 is 1.64 bits per heavy atom. The third-order valence-electron chi connectivity index (χ3n) is 3.61. The molecule has 0 heterocycles. The van der Waals surface area contributed by atoms with Crippen LogP contribution in [0.25, 0.3) is 0 Å². The number of esters is 2. The van der Waals surface area contributed by atoms with Crippen LogP contribution in [0.3, 0.4) is 0 Å². The lowest BCUT2D eigenvalue weighted by atomic mass is 10.2. The van der Waals surface area contributed by atoms with E-state index >= 15 is 0 Å². The van der Waals surface area contributed by atoms with Gasteiger partial charge in [0.15, 0.2) is 0 Å². The Morgan fingerprint density at radius 3 is 2.29 bits per heavy atom. The molecule has 0 aliphatic carbocycles. The van der Waals surface area contributed by atoms with Gasteiger partial charge in [0.2, 0.25) is 0 Å². The minimum absolute atomic E-state index is 0.107. The zero-order chi connectivity index (χ0) is 20.4. The highest BCUT2D eigenvalue weighted by molar-refractivity contribution is 5.98. The van der Waals surface area contributed by atoms with Crippen molar-refractivity contribution in [2.45, 2.75) is 26.6 Å². The van der Waals surface area contributed by atoms with E-state index in [-0.39, 0.29) is 19.8 Å². The minimum atomic E-state index is -1.53. The molecule has 0 spiro atoms. The van der Waals surface area contributed by atoms with Gasteiger partial charge < -0.3 is 18.9 Å². The zero-order valence-electron chi connectivity index (χ0n) is 15.8. The van der Waals surface area contributed by atoms with Crippen molar-refractivity contribution in [1.29, 1.82) is 0 Å². The van der Waals surface area contributed by atoms with E-state index in [1.165, 1.54) is 0 Å². The molecule has 0 bridgehead atoms. The molecule has 0 radical (unpaired) electrons. The van der Waals surface area contributed by atoms with Gasteiger partial charge in [0.25, 0.3) is 6.10 Å². The highest BCUT2D eigenvalue weighted by atomic mass is 16.6. The van der Waals surface area contributed by atoms with E-state index < -0.39 is 18.0 Å². The average molecular weight is 386 g/mol. The standard InChI is InChI=1S/C21H22O7/c1-3-25-20(23)19(21(24)26-4-2)28-18-11-6-5-9-16(18)14-27-17-10-7-8-15(12-17)13-22/h5-13,19H,3-4,14H2,1-2H3. The van der Waals surface area contributed by atoms with Crippen LogP contribution in [0, 0.1) is 0 Å². The molecule has 0 aliphatic rings. The van der Waals surface area contributed by atoms with E-state index in [9.17, 15) is 14.4 Å². The largest absolute Gasteiger partial charge is 0.489 e. The van der Waals surface area contributed by atoms with Crippen molar-refractivity contribution in [2.75, 3.05) is 13.2 Å². The van der Waals surface area contributed by atoms with Crippen LogP contribution in [0.5, 0.6) is 11.5 Å². The molecule has 0 aliphatic heterocycles. The summed E-state index contributed by atoms with van der Waals surface area (Å²) < 4.78 is 21.1. The third kappa shape index (κ3) is 5.84. The lowest BCUT2D eigenvalue weighted by Crippen LogP contribution is -2.38. The Balaban J connectivity index is 2.17. The van der Waals surface area contributed by atoms with Crippen LogP contribution >= 0.6 is 0 Å². The van der Waals surface area contributed by atoms with Crippen LogP contribution in [0.4, 0.5) is 0 Å². The quantitative estimate of drug-likeness (QED) is 0.352. The summed E-state index contributed by atoms with van der Waals surface area (Å²) in [6, 6.07) is 13.5. The van der Waals surface area contributed by atoms with Crippen LogP contribution in [0.1, 0.15) is 29.8 Å². The second-order valence-electron chi connectivity index (χ2n) is 5.59. The molecule has 2 rings (SSSR count). The zero-order valence-corrected chi connectivity index (χ0v) is 15.8. The fraction of sp³-hybridized carbons (Fsp3) is 0.286. The molecule has 148 valence electrons. The first-order chi connectivity index (χ1) is 13.6. The molecule has 7 nitrogen and oxygen atoms in total. The van der Waals surface area contributed by atoms with Crippen LogP contribution in [-0.4, -0.2) is 37.5 Å². The highest BCUT2D eigenvalue weighted by Gasteiger charge is 2.32. The number of hydrogen-bond acceptors (Lipinski definition) is 7. The first kappa shape index (κ1) is 21.0. The molecule has 0 unspecified atom stereocenters. The summed E-state index contributed by atoms with van der Waals surface area (Å²) in [5.74, 6) is -0.849. The summed E-state index contributed by atoms with van der Waals surface area (Å²) in [5, 5.41) is 0. The van der Waals surface area contributed by atoms with Gasteiger partial charge in [-0.1, -0.05) is 30.3 Å². The number of carbonyl (C=O) groups excluding carboxylic acids is 3. The summed E-state index contributed by atoms with van der Waals surface area (Å²) >= 11 is 0. The van der Waals surface area contributed by atoms with E-state index in [2.05, 4.69) is 0 Å². The van der Waals surface area contributed by atoms with Crippen LogP contribution in [-0.2, 0) is 25.7 Å². The van der Waals surface area contributed by atoms with Gasteiger partial charge in [-0.2, -0.15) is 0 Å². The smallest absolute Gasteiger partial charge is 0.359 e. The Hall–Kier alpha value is -3.35. The summed E-state index contributed by atoms with van der Waals surface area (Å²) in [4.78, 5) is 35.1. The van der Waals surface area contributed by atoms with E-state index in [0.717, 1.165) is 6.29 Å². The van der Waals surface area contributed by atoms with Crippen LogP contribution in [0.15, 0.2) is 48.5 Å². The maximum Gasteiger partial charge on any atom is 0.359 e. The third-order valence-corrected chi connectivity index (χ3v) is 3.61. The lowest BCUT2D eigenvalue weighted by Gasteiger charge is -2.18. The number of carbonyl (C=O) groups is 3. The number of hydrogen-bond donors (Lipinski definition) is 0. The van der Waals surface area contributed by atoms with E-state index in [0.29, 0.717) is 22.6 Å². The molecule has 0 amide bonds. The van der Waals surface area contributed by atoms with E-state index in [4.69, 9.17) is 18.9 Å². The van der Waals surface area contributed by atoms with Gasteiger partial charge in [-0.25, -0.2) is 9.59 Å². The van der Waals surface area contributed by atoms with Crippen molar-refractivity contribution in [2.24, 2.45) is 0 Å². The summed E-state index contributed by atoms with van der Waals surface area (Å²) in [6.07, 6.45) is -0.799. The topological polar surface area (TPSA) is 88.1 Å². The predicted octanol–water partition coefficient (Wildman–Crippen LogP) is 2.95. The molecule has 0 N–H and O–H groups in total. The fourth-order valence-electron chi connectivity index (χ4n) is 2.33. The second kappa shape index (κ2) is 10.7. The summed E-state index contributed by atoms with van der Waals surface area (Å²) in [7, 11) is 0. The van der Waals surface area contributed by atoms with Gasteiger partial charge in [0, 0.05) is 11.1 Å². The van der Waals surface area contributed by atoms with Gasteiger partial charge in [-0.15, -0.1) is 0 Å². The Labute approximate surface area is 163 Å². The van der Waals surface area contributed by atoms with Crippen LogP contribution in [0.2, 0.25) is 0 Å². The number of ether oxygens (including phenoxy) is 4. The number of para-hydroxylation sites is 1. The number of rotatable bonds is 10. The van der Waals surface area contributed by atoms with Crippen molar-refractivity contribution < 1.29 is 33.3 Å². The molecular weight excluding hydrogens is 364 g/mol. The van der Waals surface area contributed by atoms with Crippen LogP contribution < -0.4 is 9.47 Å². The van der Waals surface area contributed by atoms with E-state index in [1.807, 2.05) is 0 Å². The molecule has 0 atom stereocenters. The van der Waals surface area contributed by atoms with Crippen molar-refractivity contribution in [1.82, 2.24) is 0 Å². The predicted molar refractivity (Wildman–Crippen MR) is 100 cm³/mol. The Morgan fingerprint density at radius 1 is 0.964 bits per heavy atom. The molecule has 0 saturated carbocycles. The van der Waals surface area contributed by atoms with Crippen molar-refractivity contribution in [3.05, 3.63) is 59.7 Å². The van der Waals surface area contributed by atoms with Gasteiger partial charge in [0.05, 0.1) is 13.2 Å². The summed E-state index contributed by atoms with van der Waals surface area (Å²) in [5.41, 5.74) is 1.10. The monoisotopic (exact) mass is 386 g/mol. The van der Waals surface area contributed by atoms with Crippen molar-refractivity contribution in [3.63, 3.8) is 0 Å². The highest BCUT2D eigenvalue weighted by Crippen LogP contribution is 2.23. The van der Waals surface area contributed by atoms with E-state index in [1.54, 1.807) is 62.4 Å². The first-order valence-electron chi connectivity index (χ1n) is 8.84. The molecule has 0 aromatic heterocycles. The molecule has 0 saturated heterocycles. The van der Waals surface area contributed by atoms with Crippen molar-refractivity contribution in [3.8, 4) is 11.5 Å². The lowest BCUT2D eigenvalue weighted by molar-refractivity contribution is -0.166. The molecule has 28 heavy (non-hydrogen) atoms. The number of benzene rings is 2. The molecule has 2 aromatic rings. The SMILES string of the molecule is CCOC(=O)C(Oc1ccccc1COc1cccc(C=O)c1)C(=O)OCC. The second-order valence-corrected chi connectivity index (χ2v) is 5.59. The van der Waals surface area contributed by atoms with Crippen molar-refractivity contribution >= 4 is 18.2 Å². The maximum atomic E-state index is 12.1. The maximum absolute atomic E-state index is 12.1. The first-order valence-corrected chi connectivity index (χ1v) is 8.84. The fourth-order valence-corrected chi connectivity index (χ4v) is 2.33. The molecular formula is C21H22O7. The normalized spacial score (nSPS) is 10.2. The molecule has 0 fully saturated rings. The van der Waals surface area contributed by atoms with Gasteiger partial charge >= 0.3 is 11.9 Å². The molecule has 2 aromatic carbocycles. The number of aldehydes is 1. The Kier molecular flexibility index (Phi) is 8.02.